The molecule has 0 saturated carbocycles. The number of para-hydroxylation sites is 4. The van der Waals surface area contributed by atoms with Crippen molar-refractivity contribution in [2.24, 2.45) is 0 Å². The molecule has 0 atom stereocenters. The van der Waals surface area contributed by atoms with Gasteiger partial charge in [-0.2, -0.15) is 4.48 Å². The van der Waals surface area contributed by atoms with Gasteiger partial charge in [-0.15, -0.1) is 0 Å². The fourth-order valence-electron chi connectivity index (χ4n) is 3.50. The van der Waals surface area contributed by atoms with Crippen molar-refractivity contribution in [2.45, 2.75) is 7.43 Å². The quantitative estimate of drug-likeness (QED) is 0.336. The average Bonchev–Trinajstić information content (AvgIpc) is 2.72. The number of quaternary nitrogens is 1. The summed E-state index contributed by atoms with van der Waals surface area (Å²) in [7, 11) is 0. The highest BCUT2D eigenvalue weighted by Gasteiger charge is 2.38. The monoisotopic (exact) mass is 338 g/mol. The SMILES string of the molecule is C.c1ccc([N+](c2ccccc2)(c2ccccc2)c2ccccc2)cc1. The summed E-state index contributed by atoms with van der Waals surface area (Å²) in [5.74, 6) is 0. The summed E-state index contributed by atoms with van der Waals surface area (Å²) in [6.45, 7) is 0. The zero-order chi connectivity index (χ0) is 17.0. The molecule has 26 heavy (non-hydrogen) atoms. The summed E-state index contributed by atoms with van der Waals surface area (Å²) in [5.41, 5.74) is 4.86. The third kappa shape index (κ3) is 2.94. The molecule has 4 rings (SSSR count). The summed E-state index contributed by atoms with van der Waals surface area (Å²) in [4.78, 5) is 0. The van der Waals surface area contributed by atoms with E-state index in [4.69, 9.17) is 0 Å². The third-order valence-corrected chi connectivity index (χ3v) is 4.57. The van der Waals surface area contributed by atoms with Gasteiger partial charge in [-0.3, -0.25) is 0 Å². The summed E-state index contributed by atoms with van der Waals surface area (Å²) in [5, 5.41) is 0. The number of nitrogens with zero attached hydrogens (tertiary/aromatic N) is 1. The molecule has 0 unspecified atom stereocenters. The molecular weight excluding hydrogens is 314 g/mol. The zero-order valence-electron chi connectivity index (χ0n) is 14.0. The summed E-state index contributed by atoms with van der Waals surface area (Å²) >= 11 is 0. The van der Waals surface area contributed by atoms with Gasteiger partial charge in [-0.05, 0) is 0 Å². The maximum absolute atomic E-state index is 2.20. The normalized spacial score (nSPS) is 10.8. The molecule has 0 spiro atoms. The lowest BCUT2D eigenvalue weighted by Gasteiger charge is -2.37. The molecule has 0 fully saturated rings. The van der Waals surface area contributed by atoms with E-state index < -0.39 is 0 Å². The Balaban J connectivity index is 0.00000196. The van der Waals surface area contributed by atoms with E-state index in [-0.39, 0.29) is 7.43 Å². The molecule has 0 bridgehead atoms. The summed E-state index contributed by atoms with van der Waals surface area (Å²) < 4.78 is 0.559. The maximum Gasteiger partial charge on any atom is 0.148 e. The smallest absolute Gasteiger partial charge is 0.148 e. The second-order valence-corrected chi connectivity index (χ2v) is 6.01. The second-order valence-electron chi connectivity index (χ2n) is 6.01. The predicted octanol–water partition coefficient (Wildman–Crippen LogP) is 7.63. The third-order valence-electron chi connectivity index (χ3n) is 4.57. The van der Waals surface area contributed by atoms with E-state index in [9.17, 15) is 0 Å². The van der Waals surface area contributed by atoms with Gasteiger partial charge in [0.15, 0.2) is 0 Å². The largest absolute Gasteiger partial charge is 0.194 e. The molecule has 0 radical (unpaired) electrons. The van der Waals surface area contributed by atoms with Crippen LogP contribution in [0.25, 0.3) is 0 Å². The molecule has 0 N–H and O–H groups in total. The second kappa shape index (κ2) is 7.81. The molecule has 0 amide bonds. The van der Waals surface area contributed by atoms with Gasteiger partial charge in [0.1, 0.15) is 22.7 Å². The van der Waals surface area contributed by atoms with E-state index in [1.165, 1.54) is 22.7 Å². The van der Waals surface area contributed by atoms with Crippen LogP contribution >= 0.6 is 0 Å². The Kier molecular flexibility index (Phi) is 5.31. The van der Waals surface area contributed by atoms with E-state index in [2.05, 4.69) is 121 Å². The molecule has 1 nitrogen and oxygen atoms in total. The first kappa shape index (κ1) is 17.7. The molecule has 0 aromatic heterocycles. The predicted molar refractivity (Wildman–Crippen MR) is 113 cm³/mol. The maximum atomic E-state index is 2.20. The van der Waals surface area contributed by atoms with Gasteiger partial charge in [-0.1, -0.05) is 80.2 Å². The van der Waals surface area contributed by atoms with E-state index in [1.807, 2.05) is 0 Å². The molecular formula is C25H24N+. The Morgan fingerprint density at radius 1 is 0.308 bits per heavy atom. The minimum atomic E-state index is 0. The minimum Gasteiger partial charge on any atom is -0.194 e. The molecule has 128 valence electrons. The lowest BCUT2D eigenvalue weighted by atomic mass is 10.1. The average molecular weight is 338 g/mol. The van der Waals surface area contributed by atoms with Crippen molar-refractivity contribution in [3.05, 3.63) is 121 Å². The molecule has 0 aliphatic heterocycles. The Morgan fingerprint density at radius 3 is 0.692 bits per heavy atom. The van der Waals surface area contributed by atoms with Crippen LogP contribution in [0.3, 0.4) is 0 Å². The molecule has 0 heterocycles. The summed E-state index contributed by atoms with van der Waals surface area (Å²) in [6, 6.07) is 42.8. The van der Waals surface area contributed by atoms with E-state index in [0.717, 1.165) is 0 Å². The molecule has 4 aromatic carbocycles. The van der Waals surface area contributed by atoms with Crippen LogP contribution < -0.4 is 4.48 Å². The lowest BCUT2D eigenvalue weighted by Crippen LogP contribution is -2.33. The Labute approximate surface area is 156 Å². The highest BCUT2D eigenvalue weighted by atomic mass is 15.4. The molecule has 1 heteroatoms. The summed E-state index contributed by atoms with van der Waals surface area (Å²) in [6.07, 6.45) is 0. The van der Waals surface area contributed by atoms with Crippen LogP contribution in [0.15, 0.2) is 121 Å². The van der Waals surface area contributed by atoms with Crippen LogP contribution in [0.1, 0.15) is 7.43 Å². The van der Waals surface area contributed by atoms with Crippen molar-refractivity contribution in [2.75, 3.05) is 0 Å². The lowest BCUT2D eigenvalue weighted by molar-refractivity contribution is 0.704. The first-order valence-corrected chi connectivity index (χ1v) is 8.54. The van der Waals surface area contributed by atoms with Crippen LogP contribution in [-0.2, 0) is 0 Å². The van der Waals surface area contributed by atoms with Crippen LogP contribution in [-0.4, -0.2) is 0 Å². The van der Waals surface area contributed by atoms with Gasteiger partial charge in [0.2, 0.25) is 0 Å². The van der Waals surface area contributed by atoms with Crippen molar-refractivity contribution in [3.63, 3.8) is 0 Å². The first-order chi connectivity index (χ1) is 12.4. The van der Waals surface area contributed by atoms with Gasteiger partial charge in [0, 0.05) is 48.5 Å². The van der Waals surface area contributed by atoms with Crippen molar-refractivity contribution in [1.82, 2.24) is 4.48 Å². The number of rotatable bonds is 4. The highest BCUT2D eigenvalue weighted by molar-refractivity contribution is 5.81. The fourth-order valence-corrected chi connectivity index (χ4v) is 3.50. The van der Waals surface area contributed by atoms with Crippen LogP contribution in [0.4, 0.5) is 22.7 Å². The van der Waals surface area contributed by atoms with E-state index >= 15 is 0 Å². The Hall–Kier alpha value is -3.16. The fraction of sp³-hybridized carbons (Fsp3) is 0.0400. The topological polar surface area (TPSA) is 0 Å². The van der Waals surface area contributed by atoms with Crippen LogP contribution in [0, 0.1) is 0 Å². The molecule has 0 saturated heterocycles. The van der Waals surface area contributed by atoms with Crippen LogP contribution in [0.5, 0.6) is 0 Å². The first-order valence-electron chi connectivity index (χ1n) is 8.54. The zero-order valence-corrected chi connectivity index (χ0v) is 14.0. The number of hydrogen-bond donors (Lipinski definition) is 0. The van der Waals surface area contributed by atoms with E-state index in [0.29, 0.717) is 4.48 Å². The Morgan fingerprint density at radius 2 is 0.500 bits per heavy atom. The number of benzene rings is 4. The molecule has 4 aromatic rings. The number of hydrogen-bond acceptors (Lipinski definition) is 0. The van der Waals surface area contributed by atoms with Crippen molar-refractivity contribution in [1.29, 1.82) is 0 Å². The van der Waals surface area contributed by atoms with Crippen molar-refractivity contribution >= 4 is 22.7 Å². The standard InChI is InChI=1S/C24H20N.CH4/c1-5-13-21(14-6-1)25(22-15-7-2-8-16-22,23-17-9-3-10-18-23)24-19-11-4-12-20-24;/h1-20H;1H4/q+1;. The van der Waals surface area contributed by atoms with Gasteiger partial charge in [0.25, 0.3) is 0 Å². The molecule has 0 aliphatic carbocycles. The van der Waals surface area contributed by atoms with Gasteiger partial charge in [0.05, 0.1) is 0 Å². The highest BCUT2D eigenvalue weighted by Crippen LogP contribution is 2.50. The van der Waals surface area contributed by atoms with Crippen LogP contribution in [0.2, 0.25) is 0 Å². The molecule has 0 aliphatic rings. The van der Waals surface area contributed by atoms with Crippen molar-refractivity contribution < 1.29 is 0 Å². The Bertz CT molecular complexity index is 753. The van der Waals surface area contributed by atoms with Gasteiger partial charge < -0.3 is 0 Å². The van der Waals surface area contributed by atoms with Gasteiger partial charge in [-0.25, -0.2) is 0 Å². The minimum absolute atomic E-state index is 0. The van der Waals surface area contributed by atoms with Gasteiger partial charge >= 0.3 is 0 Å². The van der Waals surface area contributed by atoms with Crippen molar-refractivity contribution in [3.8, 4) is 0 Å². The van der Waals surface area contributed by atoms with E-state index in [1.54, 1.807) is 0 Å².